The lowest BCUT2D eigenvalue weighted by Crippen LogP contribution is -2.27. The van der Waals surface area contributed by atoms with E-state index in [-0.39, 0.29) is 12.2 Å². The molecule has 1 aliphatic carbocycles. The van der Waals surface area contributed by atoms with Gasteiger partial charge >= 0.3 is 0 Å². The molecule has 3 nitrogen and oxygen atoms in total. The van der Waals surface area contributed by atoms with Crippen molar-refractivity contribution in [2.24, 2.45) is 0 Å². The van der Waals surface area contributed by atoms with Crippen molar-refractivity contribution in [2.75, 3.05) is 0 Å². The molecule has 0 aliphatic heterocycles. The summed E-state index contributed by atoms with van der Waals surface area (Å²) in [5, 5.41) is 9.23. The largest absolute Gasteiger partial charge is 0.391 e. The van der Waals surface area contributed by atoms with E-state index >= 15 is 0 Å². The molecule has 17 heavy (non-hydrogen) atoms. The molecule has 0 atom stereocenters. The molecular formula is C14H21NO2. The first-order chi connectivity index (χ1) is 8.27. The third kappa shape index (κ3) is 2.44. The van der Waals surface area contributed by atoms with Crippen molar-refractivity contribution < 1.29 is 5.11 Å². The summed E-state index contributed by atoms with van der Waals surface area (Å²) in [4.78, 5) is 12.2. The van der Waals surface area contributed by atoms with Crippen LogP contribution in [0.4, 0.5) is 0 Å². The molecule has 1 heterocycles. The number of hydrogen-bond donors (Lipinski definition) is 1. The van der Waals surface area contributed by atoms with Crippen LogP contribution in [0, 0.1) is 0 Å². The fourth-order valence-electron chi connectivity index (χ4n) is 2.65. The van der Waals surface area contributed by atoms with Gasteiger partial charge in [-0.1, -0.05) is 19.8 Å². The average Bonchev–Trinajstić information content (AvgIpc) is 2.79. The van der Waals surface area contributed by atoms with Gasteiger partial charge < -0.3 is 9.67 Å². The average molecular weight is 235 g/mol. The summed E-state index contributed by atoms with van der Waals surface area (Å²) in [6.07, 6.45) is 6.58. The highest BCUT2D eigenvalue weighted by atomic mass is 16.3. The van der Waals surface area contributed by atoms with Gasteiger partial charge in [-0.05, 0) is 37.3 Å². The van der Waals surface area contributed by atoms with Gasteiger partial charge in [0.2, 0.25) is 0 Å². The SMILES string of the molecule is CCCCCn1c2c(cc(CO)c1=O)CCC2. The van der Waals surface area contributed by atoms with Crippen LogP contribution in [0.3, 0.4) is 0 Å². The van der Waals surface area contributed by atoms with Crippen LogP contribution in [0.25, 0.3) is 0 Å². The summed E-state index contributed by atoms with van der Waals surface area (Å²) in [6.45, 7) is 2.83. The highest BCUT2D eigenvalue weighted by molar-refractivity contribution is 5.30. The normalized spacial score (nSPS) is 14.0. The van der Waals surface area contributed by atoms with Gasteiger partial charge in [-0.3, -0.25) is 4.79 Å². The third-order valence-corrected chi connectivity index (χ3v) is 3.58. The molecule has 0 saturated carbocycles. The number of hydrogen-bond acceptors (Lipinski definition) is 2. The summed E-state index contributed by atoms with van der Waals surface area (Å²) >= 11 is 0. The number of aromatic nitrogens is 1. The smallest absolute Gasteiger partial charge is 0.256 e. The first-order valence-electron chi connectivity index (χ1n) is 6.63. The number of pyridine rings is 1. The molecule has 1 aliphatic rings. The summed E-state index contributed by atoms with van der Waals surface area (Å²) in [5.74, 6) is 0. The van der Waals surface area contributed by atoms with Crippen LogP contribution in [-0.4, -0.2) is 9.67 Å². The van der Waals surface area contributed by atoms with Gasteiger partial charge in [-0.2, -0.15) is 0 Å². The van der Waals surface area contributed by atoms with Gasteiger partial charge in [0.25, 0.3) is 5.56 Å². The number of aliphatic hydroxyl groups excluding tert-OH is 1. The van der Waals surface area contributed by atoms with E-state index < -0.39 is 0 Å². The summed E-state index contributed by atoms with van der Waals surface area (Å²) in [6, 6.07) is 1.90. The van der Waals surface area contributed by atoms with Crippen LogP contribution < -0.4 is 5.56 Å². The standard InChI is InChI=1S/C14H21NO2/c1-2-3-4-8-15-13-7-5-6-11(13)9-12(10-16)14(15)17/h9,16H,2-8,10H2,1H3. The maximum Gasteiger partial charge on any atom is 0.256 e. The van der Waals surface area contributed by atoms with Gasteiger partial charge in [0.05, 0.1) is 6.61 Å². The highest BCUT2D eigenvalue weighted by Crippen LogP contribution is 2.21. The van der Waals surface area contributed by atoms with E-state index in [4.69, 9.17) is 0 Å². The number of nitrogens with zero attached hydrogens (tertiary/aromatic N) is 1. The number of unbranched alkanes of at least 4 members (excludes halogenated alkanes) is 2. The Hall–Kier alpha value is -1.09. The van der Waals surface area contributed by atoms with Crippen LogP contribution >= 0.6 is 0 Å². The lowest BCUT2D eigenvalue weighted by molar-refractivity contribution is 0.278. The molecule has 0 spiro atoms. The Bertz CT molecular complexity index is 448. The Kier molecular flexibility index (Phi) is 4.00. The van der Waals surface area contributed by atoms with E-state index in [2.05, 4.69) is 6.92 Å². The molecule has 0 radical (unpaired) electrons. The number of fused-ring (bicyclic) bond motifs is 1. The number of aliphatic hydroxyl groups is 1. The lowest BCUT2D eigenvalue weighted by Gasteiger charge is -2.13. The predicted octanol–water partition coefficient (Wildman–Crippen LogP) is 2.02. The molecule has 0 aromatic carbocycles. The zero-order chi connectivity index (χ0) is 12.3. The van der Waals surface area contributed by atoms with Crippen molar-refractivity contribution in [3.8, 4) is 0 Å². The second-order valence-electron chi connectivity index (χ2n) is 4.82. The van der Waals surface area contributed by atoms with E-state index in [0.29, 0.717) is 5.56 Å². The van der Waals surface area contributed by atoms with Crippen LogP contribution in [-0.2, 0) is 26.0 Å². The van der Waals surface area contributed by atoms with Crippen molar-refractivity contribution in [3.05, 3.63) is 33.2 Å². The van der Waals surface area contributed by atoms with Crippen molar-refractivity contribution in [3.63, 3.8) is 0 Å². The van der Waals surface area contributed by atoms with E-state index in [1.165, 1.54) is 11.3 Å². The second kappa shape index (κ2) is 5.50. The topological polar surface area (TPSA) is 42.2 Å². The third-order valence-electron chi connectivity index (χ3n) is 3.58. The van der Waals surface area contributed by atoms with Crippen LogP contribution in [0.2, 0.25) is 0 Å². The molecule has 1 N–H and O–H groups in total. The molecule has 1 aromatic rings. The van der Waals surface area contributed by atoms with Gasteiger partial charge in [0, 0.05) is 17.8 Å². The Balaban J connectivity index is 2.34. The predicted molar refractivity (Wildman–Crippen MR) is 68.2 cm³/mol. The number of rotatable bonds is 5. The van der Waals surface area contributed by atoms with Crippen molar-refractivity contribution in [1.82, 2.24) is 4.57 Å². The quantitative estimate of drug-likeness (QED) is 0.793. The molecule has 0 fully saturated rings. The first kappa shape index (κ1) is 12.4. The van der Waals surface area contributed by atoms with Crippen molar-refractivity contribution >= 4 is 0 Å². The second-order valence-corrected chi connectivity index (χ2v) is 4.82. The molecule has 1 aromatic heterocycles. The molecule has 0 saturated heterocycles. The van der Waals surface area contributed by atoms with Gasteiger partial charge in [0.1, 0.15) is 0 Å². The lowest BCUT2D eigenvalue weighted by atomic mass is 10.1. The van der Waals surface area contributed by atoms with Crippen molar-refractivity contribution in [2.45, 2.75) is 58.6 Å². The number of aryl methyl sites for hydroxylation is 1. The molecule has 0 unspecified atom stereocenters. The van der Waals surface area contributed by atoms with Crippen molar-refractivity contribution in [1.29, 1.82) is 0 Å². The molecular weight excluding hydrogens is 214 g/mol. The van der Waals surface area contributed by atoms with E-state index in [9.17, 15) is 9.90 Å². The molecule has 2 rings (SSSR count). The maximum absolute atomic E-state index is 12.2. The summed E-state index contributed by atoms with van der Waals surface area (Å²) in [7, 11) is 0. The minimum absolute atomic E-state index is 0.0178. The van der Waals surface area contributed by atoms with Crippen LogP contribution in [0.15, 0.2) is 10.9 Å². The Morgan fingerprint density at radius 1 is 1.35 bits per heavy atom. The Labute approximate surface area is 102 Å². The van der Waals surface area contributed by atoms with Gasteiger partial charge in [-0.15, -0.1) is 0 Å². The van der Waals surface area contributed by atoms with Gasteiger partial charge in [0.15, 0.2) is 0 Å². The Morgan fingerprint density at radius 2 is 2.18 bits per heavy atom. The molecule has 0 bridgehead atoms. The molecule has 0 amide bonds. The zero-order valence-electron chi connectivity index (χ0n) is 10.5. The van der Waals surface area contributed by atoms with Crippen LogP contribution in [0.5, 0.6) is 0 Å². The summed E-state index contributed by atoms with van der Waals surface area (Å²) < 4.78 is 1.91. The fourth-order valence-corrected chi connectivity index (χ4v) is 2.65. The molecule has 3 heteroatoms. The minimum atomic E-state index is -0.139. The fraction of sp³-hybridized carbons (Fsp3) is 0.643. The zero-order valence-corrected chi connectivity index (χ0v) is 10.5. The van der Waals surface area contributed by atoms with Gasteiger partial charge in [-0.25, -0.2) is 0 Å². The minimum Gasteiger partial charge on any atom is -0.391 e. The molecule has 94 valence electrons. The highest BCUT2D eigenvalue weighted by Gasteiger charge is 2.18. The summed E-state index contributed by atoms with van der Waals surface area (Å²) in [5.41, 5.74) is 3.06. The first-order valence-corrected chi connectivity index (χ1v) is 6.63. The van der Waals surface area contributed by atoms with E-state index in [0.717, 1.165) is 45.1 Å². The Morgan fingerprint density at radius 3 is 2.88 bits per heavy atom. The van der Waals surface area contributed by atoms with E-state index in [1.54, 1.807) is 0 Å². The van der Waals surface area contributed by atoms with Crippen LogP contribution in [0.1, 0.15) is 49.4 Å². The van der Waals surface area contributed by atoms with E-state index in [1.807, 2.05) is 10.6 Å². The maximum atomic E-state index is 12.2. The monoisotopic (exact) mass is 235 g/mol.